The van der Waals surface area contributed by atoms with Crippen LogP contribution in [0.1, 0.15) is 57.1 Å². The highest BCUT2D eigenvalue weighted by Crippen LogP contribution is 2.19. The van der Waals surface area contributed by atoms with Crippen LogP contribution in [-0.4, -0.2) is 57.9 Å². The number of aryl methyl sites for hydroxylation is 2. The number of nitrogens with one attached hydrogen (secondary N) is 1. The molecule has 0 spiro atoms. The van der Waals surface area contributed by atoms with Gasteiger partial charge in [-0.2, -0.15) is 0 Å². The summed E-state index contributed by atoms with van der Waals surface area (Å²) >= 11 is 0. The number of piperidine rings is 1. The monoisotopic (exact) mass is 552 g/mol. The molecule has 0 saturated carbocycles. The predicted molar refractivity (Wildman–Crippen MR) is 139 cm³/mol. The quantitative estimate of drug-likeness (QED) is 0.243. The minimum atomic E-state index is 0. The zero-order valence-electron chi connectivity index (χ0n) is 19.2. The van der Waals surface area contributed by atoms with Gasteiger partial charge in [0.25, 0.3) is 0 Å². The molecule has 2 aromatic rings. The Morgan fingerprint density at radius 2 is 1.91 bits per heavy atom. The molecule has 3 heterocycles. The minimum Gasteiger partial charge on any atom is -0.490 e. The number of benzene rings is 1. The van der Waals surface area contributed by atoms with Gasteiger partial charge in [0, 0.05) is 58.4 Å². The summed E-state index contributed by atoms with van der Waals surface area (Å²) in [5.41, 5.74) is 0. The standard InChI is InChI=1S/C24H36N6O.HI/c1-2-25-24(29-18-14-21(15-19-29)31-20-10-5-3-6-11-20)26-16-9-13-23-28-27-22-12-7-4-8-17-30(22)23;/h3,5-6,10-11,21H,2,4,7-9,12-19H2,1H3,(H,25,26);1H. The van der Waals surface area contributed by atoms with Crippen molar-refractivity contribution < 1.29 is 4.74 Å². The fraction of sp³-hybridized carbons (Fsp3) is 0.625. The Hall–Kier alpha value is -1.84. The molecule has 1 fully saturated rings. The van der Waals surface area contributed by atoms with E-state index in [2.05, 4.69) is 31.9 Å². The van der Waals surface area contributed by atoms with Crippen LogP contribution in [0.4, 0.5) is 0 Å². The van der Waals surface area contributed by atoms with Crippen LogP contribution in [0, 0.1) is 0 Å². The van der Waals surface area contributed by atoms with E-state index < -0.39 is 0 Å². The highest BCUT2D eigenvalue weighted by Gasteiger charge is 2.22. The lowest BCUT2D eigenvalue weighted by Gasteiger charge is -2.34. The van der Waals surface area contributed by atoms with Crippen LogP contribution in [-0.2, 0) is 19.4 Å². The maximum Gasteiger partial charge on any atom is 0.193 e. The molecule has 8 heteroatoms. The lowest BCUT2D eigenvalue weighted by molar-refractivity contribution is 0.129. The number of aliphatic imine (C=N–C) groups is 1. The van der Waals surface area contributed by atoms with Crippen molar-refractivity contribution in [2.24, 2.45) is 4.99 Å². The number of para-hydroxylation sites is 1. The zero-order chi connectivity index (χ0) is 21.3. The summed E-state index contributed by atoms with van der Waals surface area (Å²) in [6.07, 6.45) is 9.11. The largest absolute Gasteiger partial charge is 0.490 e. The Bertz CT molecular complexity index is 832. The second-order valence-electron chi connectivity index (χ2n) is 8.45. The fourth-order valence-corrected chi connectivity index (χ4v) is 4.46. The van der Waals surface area contributed by atoms with E-state index in [1.807, 2.05) is 30.3 Å². The smallest absolute Gasteiger partial charge is 0.193 e. The van der Waals surface area contributed by atoms with E-state index in [1.165, 1.54) is 25.1 Å². The summed E-state index contributed by atoms with van der Waals surface area (Å²) < 4.78 is 8.48. The van der Waals surface area contributed by atoms with E-state index in [0.717, 1.165) is 82.4 Å². The summed E-state index contributed by atoms with van der Waals surface area (Å²) in [6, 6.07) is 10.1. The molecular formula is C24H37IN6O. The maximum atomic E-state index is 6.14. The average Bonchev–Trinajstić information content (AvgIpc) is 3.03. The second kappa shape index (κ2) is 13.0. The number of halogens is 1. The van der Waals surface area contributed by atoms with Crippen LogP contribution in [0.3, 0.4) is 0 Å². The number of fused-ring (bicyclic) bond motifs is 1. The molecule has 176 valence electrons. The molecule has 1 saturated heterocycles. The first kappa shape index (κ1) is 24.8. The summed E-state index contributed by atoms with van der Waals surface area (Å²) in [5.74, 6) is 4.30. The Morgan fingerprint density at radius 3 is 2.69 bits per heavy atom. The predicted octanol–water partition coefficient (Wildman–Crippen LogP) is 4.06. The van der Waals surface area contributed by atoms with Crippen molar-refractivity contribution in [1.82, 2.24) is 25.0 Å². The van der Waals surface area contributed by atoms with Gasteiger partial charge in [0.1, 0.15) is 23.5 Å². The Labute approximate surface area is 209 Å². The van der Waals surface area contributed by atoms with Gasteiger partial charge in [0.05, 0.1) is 0 Å². The van der Waals surface area contributed by atoms with Gasteiger partial charge in [-0.1, -0.05) is 24.6 Å². The Morgan fingerprint density at radius 1 is 1.09 bits per heavy atom. The molecule has 0 radical (unpaired) electrons. The van der Waals surface area contributed by atoms with Gasteiger partial charge in [-0.3, -0.25) is 4.99 Å². The molecule has 1 aromatic carbocycles. The van der Waals surface area contributed by atoms with E-state index in [4.69, 9.17) is 9.73 Å². The molecule has 0 unspecified atom stereocenters. The van der Waals surface area contributed by atoms with Gasteiger partial charge in [0.2, 0.25) is 0 Å². The first-order valence-electron chi connectivity index (χ1n) is 12.0. The topological polar surface area (TPSA) is 67.6 Å². The number of aromatic nitrogens is 3. The number of guanidine groups is 1. The van der Waals surface area contributed by atoms with Gasteiger partial charge in [-0.15, -0.1) is 34.2 Å². The van der Waals surface area contributed by atoms with Crippen molar-refractivity contribution in [2.45, 2.75) is 70.9 Å². The molecular weight excluding hydrogens is 515 g/mol. The van der Waals surface area contributed by atoms with Gasteiger partial charge in [-0.05, 0) is 38.3 Å². The van der Waals surface area contributed by atoms with Crippen LogP contribution in [0.25, 0.3) is 0 Å². The van der Waals surface area contributed by atoms with Crippen molar-refractivity contribution in [3.05, 3.63) is 42.0 Å². The third kappa shape index (κ3) is 6.83. The number of hydrogen-bond donors (Lipinski definition) is 1. The van der Waals surface area contributed by atoms with Crippen LogP contribution in [0.5, 0.6) is 5.75 Å². The molecule has 1 aromatic heterocycles. The number of rotatable bonds is 7. The molecule has 4 rings (SSSR count). The molecule has 0 bridgehead atoms. The van der Waals surface area contributed by atoms with Crippen molar-refractivity contribution in [1.29, 1.82) is 0 Å². The first-order valence-corrected chi connectivity index (χ1v) is 12.0. The molecule has 0 atom stereocenters. The zero-order valence-corrected chi connectivity index (χ0v) is 21.5. The fourth-order valence-electron chi connectivity index (χ4n) is 4.46. The molecule has 32 heavy (non-hydrogen) atoms. The molecule has 2 aliphatic heterocycles. The van der Waals surface area contributed by atoms with Gasteiger partial charge in [-0.25, -0.2) is 0 Å². The number of nitrogens with zero attached hydrogens (tertiary/aromatic N) is 5. The normalized spacial score (nSPS) is 17.3. The van der Waals surface area contributed by atoms with Crippen LogP contribution in [0.15, 0.2) is 35.3 Å². The molecule has 0 amide bonds. The van der Waals surface area contributed by atoms with E-state index in [9.17, 15) is 0 Å². The summed E-state index contributed by atoms with van der Waals surface area (Å²) in [6.45, 7) is 6.85. The first-order chi connectivity index (χ1) is 15.3. The Balaban J connectivity index is 0.00000289. The molecule has 1 N–H and O–H groups in total. The average molecular weight is 553 g/mol. The van der Waals surface area contributed by atoms with Crippen molar-refractivity contribution >= 4 is 29.9 Å². The van der Waals surface area contributed by atoms with E-state index in [0.29, 0.717) is 0 Å². The number of ether oxygens (including phenoxy) is 1. The van der Waals surface area contributed by atoms with Crippen LogP contribution < -0.4 is 10.1 Å². The van der Waals surface area contributed by atoms with Gasteiger partial charge < -0.3 is 19.5 Å². The van der Waals surface area contributed by atoms with Gasteiger partial charge >= 0.3 is 0 Å². The summed E-state index contributed by atoms with van der Waals surface area (Å²) in [5, 5.41) is 12.3. The van der Waals surface area contributed by atoms with E-state index in [-0.39, 0.29) is 30.1 Å². The highest BCUT2D eigenvalue weighted by molar-refractivity contribution is 14.0. The molecule has 0 aliphatic carbocycles. The lowest BCUT2D eigenvalue weighted by Crippen LogP contribution is -2.47. The number of hydrogen-bond acceptors (Lipinski definition) is 4. The molecule has 2 aliphatic rings. The third-order valence-electron chi connectivity index (χ3n) is 6.13. The second-order valence-corrected chi connectivity index (χ2v) is 8.45. The number of likely N-dealkylation sites (tertiary alicyclic amines) is 1. The third-order valence-corrected chi connectivity index (χ3v) is 6.13. The van der Waals surface area contributed by atoms with Crippen molar-refractivity contribution in [2.75, 3.05) is 26.2 Å². The highest BCUT2D eigenvalue weighted by atomic mass is 127. The minimum absolute atomic E-state index is 0. The lowest BCUT2D eigenvalue weighted by atomic mass is 10.1. The maximum absolute atomic E-state index is 6.14. The van der Waals surface area contributed by atoms with Crippen molar-refractivity contribution in [3.63, 3.8) is 0 Å². The molecule has 7 nitrogen and oxygen atoms in total. The van der Waals surface area contributed by atoms with Crippen molar-refractivity contribution in [3.8, 4) is 5.75 Å². The van der Waals surface area contributed by atoms with Crippen LogP contribution in [0.2, 0.25) is 0 Å². The van der Waals surface area contributed by atoms with Crippen LogP contribution >= 0.6 is 24.0 Å². The summed E-state index contributed by atoms with van der Waals surface area (Å²) in [7, 11) is 0. The van der Waals surface area contributed by atoms with E-state index in [1.54, 1.807) is 0 Å². The summed E-state index contributed by atoms with van der Waals surface area (Å²) in [4.78, 5) is 7.28. The van der Waals surface area contributed by atoms with Gasteiger partial charge in [0.15, 0.2) is 5.96 Å². The Kier molecular flexibility index (Phi) is 10.1. The SMILES string of the molecule is CCNC(=NCCCc1nnc2n1CCCCC2)N1CCC(Oc2ccccc2)CC1.I. The van der Waals surface area contributed by atoms with E-state index >= 15 is 0 Å².